The Balaban J connectivity index is 1.88. The van der Waals surface area contributed by atoms with Crippen LogP contribution in [0.25, 0.3) is 0 Å². The Kier molecular flexibility index (Phi) is 9.33. The third-order valence-corrected chi connectivity index (χ3v) is 7.56. The fourth-order valence-corrected chi connectivity index (χ4v) is 5.25. The van der Waals surface area contributed by atoms with Gasteiger partial charge in [0.15, 0.2) is 0 Å². The SMILES string of the molecule is CCC[C@@H](NS(=O)(=O)c1ccc(Cl)cc1)C(=S)N(Cc1ccc(C(=O)O)cc1)Cc1cccnc1. The molecule has 1 atom stereocenters. The van der Waals surface area contributed by atoms with Crippen molar-refractivity contribution in [3.8, 4) is 0 Å². The zero-order valence-electron chi connectivity index (χ0n) is 19.1. The molecule has 3 rings (SSSR count). The maximum absolute atomic E-state index is 13.1. The number of hydrogen-bond acceptors (Lipinski definition) is 5. The predicted octanol–water partition coefficient (Wildman–Crippen LogP) is 4.91. The molecule has 1 aromatic heterocycles. The number of sulfonamides is 1. The Morgan fingerprint density at radius 2 is 1.74 bits per heavy atom. The number of aromatic carboxylic acids is 1. The number of carbonyl (C=O) groups is 1. The summed E-state index contributed by atoms with van der Waals surface area (Å²) in [6.45, 7) is 2.75. The van der Waals surface area contributed by atoms with Gasteiger partial charge in [0, 0.05) is 30.5 Å². The molecule has 35 heavy (non-hydrogen) atoms. The van der Waals surface area contributed by atoms with E-state index in [1.165, 1.54) is 36.4 Å². The molecule has 0 saturated heterocycles. The number of pyridine rings is 1. The van der Waals surface area contributed by atoms with Crippen LogP contribution < -0.4 is 4.72 Å². The minimum atomic E-state index is -3.84. The first-order valence-corrected chi connectivity index (χ1v) is 13.2. The van der Waals surface area contributed by atoms with Crippen molar-refractivity contribution in [3.05, 3.63) is 94.8 Å². The van der Waals surface area contributed by atoms with Gasteiger partial charge >= 0.3 is 5.97 Å². The molecule has 0 saturated carbocycles. The van der Waals surface area contributed by atoms with E-state index in [0.29, 0.717) is 35.9 Å². The Morgan fingerprint density at radius 3 is 2.31 bits per heavy atom. The Hall–Kier alpha value is -2.85. The highest BCUT2D eigenvalue weighted by molar-refractivity contribution is 7.89. The molecule has 1 heterocycles. The molecule has 2 N–H and O–H groups in total. The van der Waals surface area contributed by atoms with Crippen molar-refractivity contribution in [1.29, 1.82) is 0 Å². The lowest BCUT2D eigenvalue weighted by Crippen LogP contribution is -2.47. The summed E-state index contributed by atoms with van der Waals surface area (Å²) in [6.07, 6.45) is 4.63. The van der Waals surface area contributed by atoms with Crippen LogP contribution in [-0.2, 0) is 23.1 Å². The van der Waals surface area contributed by atoms with E-state index in [9.17, 15) is 18.3 Å². The van der Waals surface area contributed by atoms with Crippen molar-refractivity contribution in [3.63, 3.8) is 0 Å². The third-order valence-electron chi connectivity index (χ3n) is 5.28. The van der Waals surface area contributed by atoms with Gasteiger partial charge in [-0.05, 0) is 60.0 Å². The Morgan fingerprint density at radius 1 is 1.09 bits per heavy atom. The van der Waals surface area contributed by atoms with Gasteiger partial charge < -0.3 is 10.0 Å². The first-order chi connectivity index (χ1) is 16.7. The fourth-order valence-electron chi connectivity index (χ4n) is 3.51. The summed E-state index contributed by atoms with van der Waals surface area (Å²) < 4.78 is 28.9. The molecule has 0 amide bonds. The van der Waals surface area contributed by atoms with E-state index in [1.54, 1.807) is 24.5 Å². The zero-order valence-corrected chi connectivity index (χ0v) is 21.5. The van der Waals surface area contributed by atoms with E-state index in [-0.39, 0.29) is 10.5 Å². The Labute approximate surface area is 215 Å². The van der Waals surface area contributed by atoms with Crippen molar-refractivity contribution in [2.24, 2.45) is 0 Å². The molecule has 7 nitrogen and oxygen atoms in total. The summed E-state index contributed by atoms with van der Waals surface area (Å²) in [7, 11) is -3.84. The number of nitrogens with zero attached hydrogens (tertiary/aromatic N) is 2. The van der Waals surface area contributed by atoms with Crippen molar-refractivity contribution in [1.82, 2.24) is 14.6 Å². The second-order valence-corrected chi connectivity index (χ2v) is 10.5. The number of carboxylic acid groups (broad SMARTS) is 1. The van der Waals surface area contributed by atoms with Crippen LogP contribution >= 0.6 is 23.8 Å². The fraction of sp³-hybridized carbons (Fsp3) is 0.240. The van der Waals surface area contributed by atoms with Crippen molar-refractivity contribution >= 4 is 44.8 Å². The van der Waals surface area contributed by atoms with Gasteiger partial charge in [-0.3, -0.25) is 4.98 Å². The van der Waals surface area contributed by atoms with Gasteiger partial charge in [-0.15, -0.1) is 0 Å². The van der Waals surface area contributed by atoms with E-state index in [4.69, 9.17) is 23.8 Å². The number of rotatable bonds is 11. The molecule has 0 bridgehead atoms. The normalized spacial score (nSPS) is 12.2. The highest BCUT2D eigenvalue weighted by Crippen LogP contribution is 2.19. The van der Waals surface area contributed by atoms with Gasteiger partial charge in [0.25, 0.3) is 0 Å². The smallest absolute Gasteiger partial charge is 0.335 e. The maximum atomic E-state index is 13.1. The number of halogens is 1. The van der Waals surface area contributed by atoms with Crippen LogP contribution in [0.4, 0.5) is 0 Å². The maximum Gasteiger partial charge on any atom is 0.335 e. The van der Waals surface area contributed by atoms with Crippen molar-refractivity contribution in [2.45, 2.75) is 43.8 Å². The second-order valence-electron chi connectivity index (χ2n) is 7.97. The summed E-state index contributed by atoms with van der Waals surface area (Å²) >= 11 is 11.7. The summed E-state index contributed by atoms with van der Waals surface area (Å²) in [4.78, 5) is 17.8. The molecule has 2 aromatic carbocycles. The van der Waals surface area contributed by atoms with E-state index in [2.05, 4.69) is 9.71 Å². The summed E-state index contributed by atoms with van der Waals surface area (Å²) in [5, 5.41) is 9.62. The summed E-state index contributed by atoms with van der Waals surface area (Å²) in [5.74, 6) is -1.00. The molecule has 0 fully saturated rings. The van der Waals surface area contributed by atoms with Crippen LogP contribution in [0.5, 0.6) is 0 Å². The number of benzene rings is 2. The molecule has 0 radical (unpaired) electrons. The number of aromatic nitrogens is 1. The molecule has 10 heteroatoms. The van der Waals surface area contributed by atoms with Crippen molar-refractivity contribution in [2.75, 3.05) is 0 Å². The highest BCUT2D eigenvalue weighted by atomic mass is 35.5. The number of carboxylic acids is 1. The summed E-state index contributed by atoms with van der Waals surface area (Å²) in [6, 6.07) is 15.6. The predicted molar refractivity (Wildman–Crippen MR) is 140 cm³/mol. The molecule has 0 unspecified atom stereocenters. The van der Waals surface area contributed by atoms with Crippen LogP contribution in [0.2, 0.25) is 5.02 Å². The van der Waals surface area contributed by atoms with Gasteiger partial charge in [0.05, 0.1) is 21.5 Å². The van der Waals surface area contributed by atoms with Crippen LogP contribution in [-0.4, -0.2) is 40.4 Å². The minimum Gasteiger partial charge on any atom is -0.478 e. The second kappa shape index (κ2) is 12.2. The largest absolute Gasteiger partial charge is 0.478 e. The molecule has 0 spiro atoms. The monoisotopic (exact) mass is 531 g/mol. The lowest BCUT2D eigenvalue weighted by Gasteiger charge is -2.31. The topological polar surface area (TPSA) is 99.6 Å². The number of nitrogens with one attached hydrogen (secondary N) is 1. The van der Waals surface area contributed by atoms with Gasteiger partial charge in [-0.2, -0.15) is 0 Å². The van der Waals surface area contributed by atoms with Gasteiger partial charge in [-0.25, -0.2) is 17.9 Å². The van der Waals surface area contributed by atoms with Gasteiger partial charge in [0.2, 0.25) is 10.0 Å². The molecular weight excluding hydrogens is 506 g/mol. The standard InChI is InChI=1S/C25H26ClN3O4S2/c1-2-4-23(28-35(32,33)22-12-10-21(26)11-13-22)24(34)29(17-19-5-3-14-27-15-19)16-18-6-8-20(9-7-18)25(30)31/h3,5-15,23,28H,2,4,16-17H2,1H3,(H,30,31)/t23-/m1/s1. The van der Waals surface area contributed by atoms with E-state index in [1.807, 2.05) is 24.0 Å². The lowest BCUT2D eigenvalue weighted by atomic mass is 10.1. The highest BCUT2D eigenvalue weighted by Gasteiger charge is 2.26. The van der Waals surface area contributed by atoms with Crippen molar-refractivity contribution < 1.29 is 18.3 Å². The minimum absolute atomic E-state index is 0.105. The zero-order chi connectivity index (χ0) is 25.4. The molecule has 0 aliphatic heterocycles. The third kappa shape index (κ3) is 7.57. The average Bonchev–Trinajstić information content (AvgIpc) is 2.84. The molecule has 0 aliphatic carbocycles. The average molecular weight is 532 g/mol. The quantitative estimate of drug-likeness (QED) is 0.339. The summed E-state index contributed by atoms with van der Waals surface area (Å²) in [5.41, 5.74) is 1.94. The van der Waals surface area contributed by atoms with E-state index >= 15 is 0 Å². The first-order valence-electron chi connectivity index (χ1n) is 11.0. The molecular formula is C25H26ClN3O4S2. The Bertz CT molecular complexity index is 1250. The van der Waals surface area contributed by atoms with Crippen LogP contribution in [0.1, 0.15) is 41.3 Å². The molecule has 3 aromatic rings. The number of hydrogen-bond donors (Lipinski definition) is 2. The molecule has 0 aliphatic rings. The van der Waals surface area contributed by atoms with E-state index < -0.39 is 22.0 Å². The van der Waals surface area contributed by atoms with Crippen LogP contribution in [0, 0.1) is 0 Å². The van der Waals surface area contributed by atoms with Crippen LogP contribution in [0.3, 0.4) is 0 Å². The van der Waals surface area contributed by atoms with Gasteiger partial charge in [-0.1, -0.05) is 55.4 Å². The molecule has 184 valence electrons. The number of thiocarbonyl (C=S) groups is 1. The lowest BCUT2D eigenvalue weighted by molar-refractivity contribution is 0.0697. The first kappa shape index (κ1) is 26.7. The van der Waals surface area contributed by atoms with E-state index in [0.717, 1.165) is 11.1 Å². The van der Waals surface area contributed by atoms with Gasteiger partial charge in [0.1, 0.15) is 0 Å². The van der Waals surface area contributed by atoms with Crippen LogP contribution in [0.15, 0.2) is 78.0 Å².